The van der Waals surface area contributed by atoms with Gasteiger partial charge in [-0.05, 0) is 11.6 Å². The van der Waals surface area contributed by atoms with Gasteiger partial charge < -0.3 is 25.4 Å². The lowest BCUT2D eigenvalue weighted by Crippen LogP contribution is -2.42. The third-order valence-corrected chi connectivity index (χ3v) is 6.06. The van der Waals surface area contributed by atoms with E-state index in [4.69, 9.17) is 10.5 Å². The van der Waals surface area contributed by atoms with Crippen LogP contribution >= 0.6 is 12.4 Å². The Morgan fingerprint density at radius 2 is 1.89 bits per heavy atom. The van der Waals surface area contributed by atoms with Gasteiger partial charge in [0.2, 0.25) is 5.88 Å². The van der Waals surface area contributed by atoms with Crippen LogP contribution in [0.4, 0.5) is 23.8 Å². The van der Waals surface area contributed by atoms with E-state index in [1.165, 1.54) is 0 Å². The lowest BCUT2D eigenvalue weighted by atomic mass is 10.1. The highest BCUT2D eigenvalue weighted by Crippen LogP contribution is 2.38. The number of carbonyl (C=O) groups is 1. The number of hydrogen-bond donors (Lipinski definition) is 2. The van der Waals surface area contributed by atoms with E-state index in [9.17, 15) is 18.0 Å². The van der Waals surface area contributed by atoms with Crippen LogP contribution in [0.25, 0.3) is 16.9 Å². The first-order chi connectivity index (χ1) is 17.3. The fourth-order valence-electron chi connectivity index (χ4n) is 4.38. The summed E-state index contributed by atoms with van der Waals surface area (Å²) in [4.78, 5) is 23.7. The number of anilines is 1. The van der Waals surface area contributed by atoms with E-state index in [0.29, 0.717) is 50.2 Å². The minimum atomic E-state index is -4.78. The Balaban J connectivity index is 0.00000320. The first-order valence-corrected chi connectivity index (χ1v) is 11.5. The lowest BCUT2D eigenvalue weighted by Gasteiger charge is -2.28. The fourth-order valence-corrected chi connectivity index (χ4v) is 4.38. The largest absolute Gasteiger partial charge is 0.417 e. The Kier molecular flexibility index (Phi) is 8.02. The summed E-state index contributed by atoms with van der Waals surface area (Å²) in [6.45, 7) is 6.35. The summed E-state index contributed by atoms with van der Waals surface area (Å²) in [6, 6.07) is 2.59. The van der Waals surface area contributed by atoms with Gasteiger partial charge in [-0.1, -0.05) is 0 Å². The van der Waals surface area contributed by atoms with Crippen molar-refractivity contribution in [2.24, 2.45) is 5.73 Å². The van der Waals surface area contributed by atoms with Crippen LogP contribution in [0, 0.1) is 0 Å². The van der Waals surface area contributed by atoms with Gasteiger partial charge in [0.1, 0.15) is 5.52 Å². The van der Waals surface area contributed by atoms with E-state index in [1.54, 1.807) is 4.52 Å². The van der Waals surface area contributed by atoms with Crippen LogP contribution in [0.2, 0.25) is 0 Å². The average molecular weight is 543 g/mol. The van der Waals surface area contributed by atoms with Gasteiger partial charge in [0.05, 0.1) is 24.3 Å². The number of pyridine rings is 1. The van der Waals surface area contributed by atoms with Gasteiger partial charge in [-0.2, -0.15) is 13.2 Å². The van der Waals surface area contributed by atoms with Crippen molar-refractivity contribution in [3.63, 3.8) is 0 Å². The van der Waals surface area contributed by atoms with E-state index in [2.05, 4.69) is 30.0 Å². The molecule has 0 atom stereocenters. The van der Waals surface area contributed by atoms with Crippen molar-refractivity contribution in [1.29, 1.82) is 0 Å². The Morgan fingerprint density at radius 3 is 2.57 bits per heavy atom. The maximum absolute atomic E-state index is 14.0. The average Bonchev–Trinajstić information content (AvgIpc) is 3.26. The molecule has 2 saturated heterocycles. The molecule has 0 unspecified atom stereocenters. The van der Waals surface area contributed by atoms with Crippen molar-refractivity contribution in [1.82, 2.24) is 29.8 Å². The van der Waals surface area contributed by atoms with Crippen LogP contribution in [0.5, 0.6) is 5.88 Å². The molecular formula is C22H26ClF3N8O3. The smallest absolute Gasteiger partial charge is 0.391 e. The van der Waals surface area contributed by atoms with E-state index in [1.807, 2.05) is 17.2 Å². The number of nitrogens with two attached hydrogens (primary N) is 1. The maximum Gasteiger partial charge on any atom is 0.417 e. The van der Waals surface area contributed by atoms with Crippen LogP contribution in [0.15, 0.2) is 24.5 Å². The first-order valence-electron chi connectivity index (χ1n) is 11.5. The minimum absolute atomic E-state index is 0. The van der Waals surface area contributed by atoms with Crippen molar-refractivity contribution >= 4 is 29.8 Å². The van der Waals surface area contributed by atoms with Gasteiger partial charge in [-0.15, -0.1) is 17.5 Å². The van der Waals surface area contributed by atoms with Gasteiger partial charge in [0.15, 0.2) is 11.6 Å². The molecule has 2 aliphatic heterocycles. The van der Waals surface area contributed by atoms with Crippen LogP contribution in [-0.2, 0) is 17.5 Å². The number of hydrogen-bond acceptors (Lipinski definition) is 9. The number of nitrogens with one attached hydrogen (secondary N) is 1. The summed E-state index contributed by atoms with van der Waals surface area (Å²) >= 11 is 0. The number of amides is 1. The summed E-state index contributed by atoms with van der Waals surface area (Å²) < 4.78 is 53.5. The fraction of sp³-hybridized carbons (Fsp3) is 0.455. The Bertz CT molecular complexity index is 1260. The second kappa shape index (κ2) is 11.0. The number of alkyl halides is 3. The highest BCUT2D eigenvalue weighted by molar-refractivity contribution is 5.85. The maximum atomic E-state index is 14.0. The molecule has 3 aromatic heterocycles. The standard InChI is InChI=1S/C22H25F3N8O3.ClH/c23-22(24,25)16-10-18(36-21(26)34)28-11-15(16)19-29-20(32-5-7-35-8-6-32)17-9-14(13-33(17)30-19)12-31-3-1-27-2-4-31;/h9-11,13,27H,1-8,12H2,(H2,26,34);1H. The Labute approximate surface area is 216 Å². The highest BCUT2D eigenvalue weighted by atomic mass is 35.5. The number of aromatic nitrogens is 4. The normalized spacial score (nSPS) is 17.0. The number of fused-ring (bicyclic) bond motifs is 1. The molecule has 0 bridgehead atoms. The quantitative estimate of drug-likeness (QED) is 0.498. The third kappa shape index (κ3) is 6.04. The van der Waals surface area contributed by atoms with E-state index >= 15 is 0 Å². The van der Waals surface area contributed by atoms with Crippen LogP contribution in [0.1, 0.15) is 11.1 Å². The van der Waals surface area contributed by atoms with E-state index < -0.39 is 23.7 Å². The van der Waals surface area contributed by atoms with Gasteiger partial charge in [-0.25, -0.2) is 19.3 Å². The van der Waals surface area contributed by atoms with Crippen molar-refractivity contribution in [3.05, 3.63) is 35.7 Å². The topological polar surface area (TPSA) is 123 Å². The second-order valence-corrected chi connectivity index (χ2v) is 8.55. The molecule has 3 aromatic rings. The molecule has 15 heteroatoms. The Hall–Kier alpha value is -3.20. The minimum Gasteiger partial charge on any atom is -0.391 e. The monoisotopic (exact) mass is 542 g/mol. The molecule has 2 aliphatic rings. The Morgan fingerprint density at radius 1 is 1.16 bits per heavy atom. The van der Waals surface area contributed by atoms with Gasteiger partial charge >= 0.3 is 12.3 Å². The highest BCUT2D eigenvalue weighted by Gasteiger charge is 2.36. The van der Waals surface area contributed by atoms with Crippen LogP contribution < -0.4 is 20.7 Å². The molecule has 0 aromatic carbocycles. The molecule has 37 heavy (non-hydrogen) atoms. The summed E-state index contributed by atoms with van der Waals surface area (Å²) in [5.41, 5.74) is 5.18. The molecule has 1 amide bonds. The molecule has 5 heterocycles. The lowest BCUT2D eigenvalue weighted by molar-refractivity contribution is -0.137. The molecule has 0 radical (unpaired) electrons. The zero-order chi connectivity index (χ0) is 25.3. The predicted octanol–water partition coefficient (Wildman–Crippen LogP) is 1.93. The SMILES string of the molecule is Cl.NC(=O)Oc1cc(C(F)(F)F)c(-c2nc(N3CCOCC3)c3cc(CN4CCNCC4)cn3n2)cn1. The number of nitrogens with zero attached hydrogens (tertiary/aromatic N) is 6. The molecule has 3 N–H and O–H groups in total. The number of piperazine rings is 1. The molecule has 11 nitrogen and oxygen atoms in total. The number of carbonyl (C=O) groups excluding carboxylic acids is 1. The number of morpholine rings is 1. The number of ether oxygens (including phenoxy) is 2. The van der Waals surface area contributed by atoms with Crippen LogP contribution in [-0.4, -0.2) is 83.1 Å². The molecule has 0 saturated carbocycles. The third-order valence-electron chi connectivity index (χ3n) is 6.06. The van der Waals surface area contributed by atoms with Gasteiger partial charge in [0.25, 0.3) is 0 Å². The van der Waals surface area contributed by atoms with Crippen molar-refractivity contribution in [3.8, 4) is 17.3 Å². The molecular weight excluding hydrogens is 517 g/mol. The predicted molar refractivity (Wildman–Crippen MR) is 130 cm³/mol. The molecule has 5 rings (SSSR count). The van der Waals surface area contributed by atoms with Crippen LogP contribution in [0.3, 0.4) is 0 Å². The van der Waals surface area contributed by atoms with Crippen molar-refractivity contribution in [2.75, 3.05) is 57.4 Å². The zero-order valence-electron chi connectivity index (χ0n) is 19.7. The first kappa shape index (κ1) is 26.9. The van der Waals surface area contributed by atoms with Gasteiger partial charge in [0, 0.05) is 64.3 Å². The van der Waals surface area contributed by atoms with E-state index in [0.717, 1.165) is 37.9 Å². The summed E-state index contributed by atoms with van der Waals surface area (Å²) in [5, 5.41) is 7.74. The summed E-state index contributed by atoms with van der Waals surface area (Å²) in [5.74, 6) is -0.202. The van der Waals surface area contributed by atoms with Crippen molar-refractivity contribution < 1.29 is 27.4 Å². The molecule has 2 fully saturated rings. The summed E-state index contributed by atoms with van der Waals surface area (Å²) in [6.07, 6.45) is -3.29. The molecule has 0 spiro atoms. The molecule has 200 valence electrons. The van der Waals surface area contributed by atoms with Crippen molar-refractivity contribution in [2.45, 2.75) is 12.7 Å². The number of rotatable bonds is 5. The molecule has 0 aliphatic carbocycles. The number of halogens is 4. The van der Waals surface area contributed by atoms with E-state index in [-0.39, 0.29) is 23.8 Å². The number of primary amides is 1. The van der Waals surface area contributed by atoms with Gasteiger partial charge in [-0.3, -0.25) is 4.90 Å². The second-order valence-electron chi connectivity index (χ2n) is 8.55. The zero-order valence-corrected chi connectivity index (χ0v) is 20.5. The summed E-state index contributed by atoms with van der Waals surface area (Å²) in [7, 11) is 0.